The first-order chi connectivity index (χ1) is 7.20. The Balaban J connectivity index is 2.52. The van der Waals surface area contributed by atoms with Gasteiger partial charge in [-0.1, -0.05) is 21.0 Å². The van der Waals surface area contributed by atoms with Gasteiger partial charge in [-0.15, -0.1) is 5.10 Å². The van der Waals surface area contributed by atoms with Crippen LogP contribution in [0.3, 0.4) is 0 Å². The van der Waals surface area contributed by atoms with Gasteiger partial charge in [0.05, 0.1) is 12.7 Å². The summed E-state index contributed by atoms with van der Waals surface area (Å²) in [5.41, 5.74) is 6.06. The van der Waals surface area contributed by atoms with Crippen LogP contribution in [0.1, 0.15) is 0 Å². The van der Waals surface area contributed by atoms with Gasteiger partial charge >= 0.3 is 6.01 Å². The summed E-state index contributed by atoms with van der Waals surface area (Å²) in [7, 11) is 1.57. The van der Waals surface area contributed by atoms with E-state index >= 15 is 0 Å². The molecule has 5 nitrogen and oxygen atoms in total. The number of hydrogen-bond donors (Lipinski definition) is 1. The number of nitrogen functional groups attached to an aromatic ring is 1. The van der Waals surface area contributed by atoms with Crippen molar-refractivity contribution >= 4 is 21.9 Å². The van der Waals surface area contributed by atoms with Crippen LogP contribution in [0.4, 0.5) is 6.01 Å². The second-order valence-corrected chi connectivity index (χ2v) is 3.71. The number of hydrogen-bond acceptors (Lipinski definition) is 5. The molecule has 6 heteroatoms. The lowest BCUT2D eigenvalue weighted by atomic mass is 10.2. The van der Waals surface area contributed by atoms with Crippen molar-refractivity contribution in [3.05, 3.63) is 22.7 Å². The third-order valence-electron chi connectivity index (χ3n) is 1.83. The van der Waals surface area contributed by atoms with Gasteiger partial charge in [-0.2, -0.15) is 0 Å². The maximum absolute atomic E-state index is 5.35. The lowest BCUT2D eigenvalue weighted by Crippen LogP contribution is -1.88. The lowest BCUT2D eigenvalue weighted by molar-refractivity contribution is 0.414. The molecule has 2 aromatic rings. The van der Waals surface area contributed by atoms with Gasteiger partial charge in [0.2, 0.25) is 0 Å². The molecule has 0 bridgehead atoms. The number of nitrogens with two attached hydrogens (primary N) is 1. The molecule has 0 aliphatic rings. The van der Waals surface area contributed by atoms with Crippen molar-refractivity contribution in [1.29, 1.82) is 0 Å². The maximum atomic E-state index is 5.35. The Hall–Kier alpha value is -1.56. The summed E-state index contributed by atoms with van der Waals surface area (Å²) in [6.07, 6.45) is 0. The summed E-state index contributed by atoms with van der Waals surface area (Å²) in [5.74, 6) is 0.991. The van der Waals surface area contributed by atoms with Crippen LogP contribution in [0.2, 0.25) is 0 Å². The zero-order chi connectivity index (χ0) is 10.8. The van der Waals surface area contributed by atoms with Gasteiger partial charge in [-0.05, 0) is 18.2 Å². The monoisotopic (exact) mass is 269 g/mol. The van der Waals surface area contributed by atoms with Crippen molar-refractivity contribution in [1.82, 2.24) is 10.2 Å². The minimum absolute atomic E-state index is 0.0370. The predicted octanol–water partition coefficient (Wildman–Crippen LogP) is 2.09. The van der Waals surface area contributed by atoms with Crippen LogP contribution >= 0.6 is 15.9 Å². The Labute approximate surface area is 94.4 Å². The van der Waals surface area contributed by atoms with Crippen molar-refractivity contribution < 1.29 is 9.15 Å². The molecule has 2 rings (SSSR count). The molecule has 1 heterocycles. The molecule has 0 aliphatic carbocycles. The number of benzene rings is 1. The van der Waals surface area contributed by atoms with Crippen molar-refractivity contribution in [2.75, 3.05) is 12.8 Å². The van der Waals surface area contributed by atoms with E-state index in [4.69, 9.17) is 14.9 Å². The molecule has 2 N–H and O–H groups in total. The number of anilines is 1. The average molecular weight is 270 g/mol. The van der Waals surface area contributed by atoms with Gasteiger partial charge in [0.15, 0.2) is 0 Å². The zero-order valence-corrected chi connectivity index (χ0v) is 9.48. The highest BCUT2D eigenvalue weighted by Crippen LogP contribution is 2.31. The molecule has 0 saturated carbocycles. The second kappa shape index (κ2) is 3.90. The van der Waals surface area contributed by atoms with Crippen LogP contribution in [0.25, 0.3) is 11.5 Å². The van der Waals surface area contributed by atoms with Crippen molar-refractivity contribution in [3.8, 4) is 17.2 Å². The molecule has 0 spiro atoms. The minimum Gasteiger partial charge on any atom is -0.496 e. The number of rotatable bonds is 2. The average Bonchev–Trinajstić information content (AvgIpc) is 2.64. The van der Waals surface area contributed by atoms with E-state index in [0.717, 1.165) is 4.47 Å². The van der Waals surface area contributed by atoms with E-state index in [1.54, 1.807) is 7.11 Å². The quantitative estimate of drug-likeness (QED) is 0.904. The van der Waals surface area contributed by atoms with Crippen molar-refractivity contribution in [2.24, 2.45) is 0 Å². The molecule has 0 radical (unpaired) electrons. The summed E-state index contributed by atoms with van der Waals surface area (Å²) < 4.78 is 11.2. The highest BCUT2D eigenvalue weighted by atomic mass is 79.9. The topological polar surface area (TPSA) is 74.2 Å². The molecule has 0 unspecified atom stereocenters. The first kappa shape index (κ1) is 9.97. The van der Waals surface area contributed by atoms with Gasteiger partial charge in [-0.3, -0.25) is 0 Å². The lowest BCUT2D eigenvalue weighted by Gasteiger charge is -2.04. The first-order valence-electron chi connectivity index (χ1n) is 4.13. The molecule has 1 aromatic heterocycles. The highest BCUT2D eigenvalue weighted by Gasteiger charge is 2.12. The molecular weight excluding hydrogens is 262 g/mol. The van der Waals surface area contributed by atoms with Gasteiger partial charge in [0.25, 0.3) is 5.89 Å². The van der Waals surface area contributed by atoms with E-state index in [2.05, 4.69) is 26.1 Å². The smallest absolute Gasteiger partial charge is 0.313 e. The van der Waals surface area contributed by atoms with Gasteiger partial charge < -0.3 is 14.9 Å². The van der Waals surface area contributed by atoms with Crippen molar-refractivity contribution in [3.63, 3.8) is 0 Å². The van der Waals surface area contributed by atoms with Gasteiger partial charge in [0.1, 0.15) is 5.75 Å². The van der Waals surface area contributed by atoms with Crippen molar-refractivity contribution in [2.45, 2.75) is 0 Å². The standard InChI is InChI=1S/C9H8BrN3O2/c1-14-7-4-5(10)2-3-6(7)8-12-13-9(11)15-8/h2-4H,1H3,(H2,11,13). The zero-order valence-electron chi connectivity index (χ0n) is 7.90. The fourth-order valence-corrected chi connectivity index (χ4v) is 1.53. The fraction of sp³-hybridized carbons (Fsp3) is 0.111. The molecule has 78 valence electrons. The van der Waals surface area contributed by atoms with E-state index < -0.39 is 0 Å². The van der Waals surface area contributed by atoms with Gasteiger partial charge in [-0.25, -0.2) is 0 Å². The third-order valence-corrected chi connectivity index (χ3v) is 2.33. The Kier molecular flexibility index (Phi) is 2.59. The molecule has 0 saturated heterocycles. The van der Waals surface area contributed by atoms with Crippen LogP contribution in [-0.4, -0.2) is 17.3 Å². The van der Waals surface area contributed by atoms with E-state index in [0.29, 0.717) is 17.2 Å². The summed E-state index contributed by atoms with van der Waals surface area (Å²) in [5, 5.41) is 7.37. The molecule has 1 aromatic carbocycles. The predicted molar refractivity (Wildman–Crippen MR) is 58.4 cm³/mol. The Morgan fingerprint density at radius 2 is 2.20 bits per heavy atom. The summed E-state index contributed by atoms with van der Waals surface area (Å²) in [6, 6.07) is 5.53. The molecule has 0 fully saturated rings. The van der Waals surface area contributed by atoms with Crippen LogP contribution < -0.4 is 10.5 Å². The summed E-state index contributed by atoms with van der Waals surface area (Å²) in [4.78, 5) is 0. The normalized spacial score (nSPS) is 10.3. The molecule has 0 amide bonds. The number of nitrogens with zero attached hydrogens (tertiary/aromatic N) is 2. The highest BCUT2D eigenvalue weighted by molar-refractivity contribution is 9.10. The van der Waals surface area contributed by atoms with E-state index in [1.807, 2.05) is 18.2 Å². The molecule has 0 aliphatic heterocycles. The Morgan fingerprint density at radius 3 is 2.80 bits per heavy atom. The first-order valence-corrected chi connectivity index (χ1v) is 4.93. The number of methoxy groups -OCH3 is 1. The van der Waals surface area contributed by atoms with Gasteiger partial charge in [0, 0.05) is 4.47 Å². The van der Waals surface area contributed by atoms with Crippen LogP contribution in [-0.2, 0) is 0 Å². The number of aromatic nitrogens is 2. The Bertz CT molecular complexity index is 484. The second-order valence-electron chi connectivity index (χ2n) is 2.79. The number of halogens is 1. The van der Waals surface area contributed by atoms with Crippen LogP contribution in [0, 0.1) is 0 Å². The molecule has 15 heavy (non-hydrogen) atoms. The molecular formula is C9H8BrN3O2. The van der Waals surface area contributed by atoms with E-state index in [-0.39, 0.29) is 6.01 Å². The van der Waals surface area contributed by atoms with E-state index in [9.17, 15) is 0 Å². The summed E-state index contributed by atoms with van der Waals surface area (Å²) >= 11 is 3.34. The fourth-order valence-electron chi connectivity index (χ4n) is 1.19. The Morgan fingerprint density at radius 1 is 1.40 bits per heavy atom. The SMILES string of the molecule is COc1cc(Br)ccc1-c1nnc(N)o1. The number of ether oxygens (including phenoxy) is 1. The van der Waals surface area contributed by atoms with Crippen LogP contribution in [0.15, 0.2) is 27.1 Å². The van der Waals surface area contributed by atoms with Crippen LogP contribution in [0.5, 0.6) is 5.75 Å². The maximum Gasteiger partial charge on any atom is 0.313 e. The van der Waals surface area contributed by atoms with E-state index in [1.165, 1.54) is 0 Å². The molecule has 0 atom stereocenters. The summed E-state index contributed by atoms with van der Waals surface area (Å²) in [6.45, 7) is 0. The minimum atomic E-state index is 0.0370. The largest absolute Gasteiger partial charge is 0.496 e. The third kappa shape index (κ3) is 1.94.